The first-order valence-electron chi connectivity index (χ1n) is 9.95. The number of imide groups is 1. The Morgan fingerprint density at radius 3 is 2.16 bits per heavy atom. The zero-order valence-corrected chi connectivity index (χ0v) is 18.7. The molecule has 0 fully saturated rings. The van der Waals surface area contributed by atoms with Crippen LogP contribution in [0.5, 0.6) is 17.2 Å². The Morgan fingerprint density at radius 1 is 0.906 bits per heavy atom. The van der Waals surface area contributed by atoms with Crippen LogP contribution in [0.3, 0.4) is 0 Å². The highest BCUT2D eigenvalue weighted by molar-refractivity contribution is 7.11. The Hall–Kier alpha value is -3.78. The molecule has 0 saturated heterocycles. The van der Waals surface area contributed by atoms with Gasteiger partial charge in [-0.05, 0) is 42.6 Å². The third-order valence-electron chi connectivity index (χ3n) is 4.88. The third kappa shape index (κ3) is 4.04. The molecule has 1 N–H and O–H groups in total. The number of methoxy groups -OCH3 is 2. The summed E-state index contributed by atoms with van der Waals surface area (Å²) in [5.74, 6) is 0.810. The Morgan fingerprint density at radius 2 is 1.59 bits per heavy atom. The van der Waals surface area contributed by atoms with E-state index in [4.69, 9.17) is 14.2 Å². The second-order valence-corrected chi connectivity index (χ2v) is 7.77. The molecule has 1 aliphatic rings. The lowest BCUT2D eigenvalue weighted by Crippen LogP contribution is -2.32. The van der Waals surface area contributed by atoms with Crippen LogP contribution in [0.25, 0.3) is 5.57 Å². The van der Waals surface area contributed by atoms with E-state index in [2.05, 4.69) is 5.32 Å². The van der Waals surface area contributed by atoms with Crippen LogP contribution in [0.1, 0.15) is 11.8 Å². The van der Waals surface area contributed by atoms with Gasteiger partial charge in [0.05, 0.1) is 32.1 Å². The number of nitrogens with one attached hydrogen (secondary N) is 1. The van der Waals surface area contributed by atoms with E-state index in [1.807, 2.05) is 36.6 Å². The van der Waals surface area contributed by atoms with Crippen molar-refractivity contribution in [1.29, 1.82) is 0 Å². The molecule has 0 radical (unpaired) electrons. The molecule has 2 aromatic carbocycles. The van der Waals surface area contributed by atoms with Crippen LogP contribution in [-0.4, -0.2) is 32.6 Å². The first-order valence-corrected chi connectivity index (χ1v) is 10.8. The summed E-state index contributed by atoms with van der Waals surface area (Å²) in [7, 11) is 3.03. The van der Waals surface area contributed by atoms with Crippen molar-refractivity contribution in [2.45, 2.75) is 6.92 Å². The van der Waals surface area contributed by atoms with Crippen molar-refractivity contribution in [3.8, 4) is 17.2 Å². The fourth-order valence-corrected chi connectivity index (χ4v) is 4.16. The number of hydrogen-bond donors (Lipinski definition) is 1. The quantitative estimate of drug-likeness (QED) is 0.507. The number of carbonyl (C=O) groups excluding carboxylic acids is 2. The smallest absolute Gasteiger partial charge is 0.282 e. The minimum Gasteiger partial charge on any atom is -0.497 e. The van der Waals surface area contributed by atoms with Gasteiger partial charge in [-0.1, -0.05) is 6.07 Å². The molecule has 0 unspecified atom stereocenters. The zero-order chi connectivity index (χ0) is 22.7. The molecule has 0 aliphatic carbocycles. The van der Waals surface area contributed by atoms with Crippen LogP contribution < -0.4 is 24.4 Å². The van der Waals surface area contributed by atoms with Crippen LogP contribution in [0.2, 0.25) is 0 Å². The summed E-state index contributed by atoms with van der Waals surface area (Å²) in [6, 6.07) is 15.8. The lowest BCUT2D eigenvalue weighted by molar-refractivity contribution is -0.120. The molecule has 32 heavy (non-hydrogen) atoms. The fraction of sp³-hybridized carbons (Fsp3) is 0.167. The van der Waals surface area contributed by atoms with Crippen molar-refractivity contribution in [3.63, 3.8) is 0 Å². The molecule has 4 rings (SSSR count). The first-order chi connectivity index (χ1) is 15.5. The lowest BCUT2D eigenvalue weighted by Gasteiger charge is -2.17. The summed E-state index contributed by atoms with van der Waals surface area (Å²) in [4.78, 5) is 28.8. The summed E-state index contributed by atoms with van der Waals surface area (Å²) in [6.07, 6.45) is 0. The van der Waals surface area contributed by atoms with E-state index in [0.29, 0.717) is 39.9 Å². The molecule has 3 aromatic rings. The number of ether oxygens (including phenoxy) is 3. The summed E-state index contributed by atoms with van der Waals surface area (Å²) >= 11 is 1.39. The molecule has 0 bridgehead atoms. The second kappa shape index (κ2) is 9.15. The van der Waals surface area contributed by atoms with Crippen LogP contribution >= 0.6 is 11.3 Å². The monoisotopic (exact) mass is 450 g/mol. The minimum atomic E-state index is -0.456. The van der Waals surface area contributed by atoms with Gasteiger partial charge in [0.1, 0.15) is 22.9 Å². The Labute approximate surface area is 189 Å². The number of benzene rings is 2. The van der Waals surface area contributed by atoms with Crippen molar-refractivity contribution in [2.24, 2.45) is 0 Å². The molecule has 0 atom stereocenters. The molecule has 1 aliphatic heterocycles. The van der Waals surface area contributed by atoms with Gasteiger partial charge in [0.25, 0.3) is 11.8 Å². The average molecular weight is 451 g/mol. The van der Waals surface area contributed by atoms with Crippen molar-refractivity contribution in [2.75, 3.05) is 31.0 Å². The summed E-state index contributed by atoms with van der Waals surface area (Å²) in [5.41, 5.74) is 1.57. The molecule has 8 heteroatoms. The standard InChI is InChI=1S/C24H22N2O5S/c1-4-31-17-9-7-15(8-10-17)25-22-21(20-6-5-11-32-20)23(27)26(24(22)28)16-12-18(29-2)14-19(13-16)30-3/h5-14,25H,4H2,1-3H3. The highest BCUT2D eigenvalue weighted by atomic mass is 32.1. The zero-order valence-electron chi connectivity index (χ0n) is 17.9. The maximum atomic E-state index is 13.5. The highest BCUT2D eigenvalue weighted by Gasteiger charge is 2.41. The Bertz CT molecular complexity index is 1150. The van der Waals surface area contributed by atoms with E-state index in [9.17, 15) is 9.59 Å². The van der Waals surface area contributed by atoms with Crippen molar-refractivity contribution in [1.82, 2.24) is 0 Å². The third-order valence-corrected chi connectivity index (χ3v) is 5.77. The second-order valence-electron chi connectivity index (χ2n) is 6.83. The van der Waals surface area contributed by atoms with Gasteiger partial charge in [-0.2, -0.15) is 0 Å². The van der Waals surface area contributed by atoms with Crippen molar-refractivity contribution < 1.29 is 23.8 Å². The van der Waals surface area contributed by atoms with E-state index >= 15 is 0 Å². The number of carbonyl (C=O) groups is 2. The first kappa shape index (κ1) is 21.5. The Balaban J connectivity index is 1.75. The van der Waals surface area contributed by atoms with Gasteiger partial charge >= 0.3 is 0 Å². The fourth-order valence-electron chi connectivity index (χ4n) is 3.40. The van der Waals surface area contributed by atoms with Gasteiger partial charge in [-0.15, -0.1) is 11.3 Å². The highest BCUT2D eigenvalue weighted by Crippen LogP contribution is 2.38. The van der Waals surface area contributed by atoms with E-state index < -0.39 is 11.8 Å². The summed E-state index contributed by atoms with van der Waals surface area (Å²) in [6.45, 7) is 2.47. The van der Waals surface area contributed by atoms with E-state index in [0.717, 1.165) is 10.6 Å². The normalized spacial score (nSPS) is 13.5. The maximum absolute atomic E-state index is 13.5. The molecule has 164 valence electrons. The maximum Gasteiger partial charge on any atom is 0.282 e. The average Bonchev–Trinajstić information content (AvgIpc) is 3.41. The largest absolute Gasteiger partial charge is 0.497 e. The van der Waals surface area contributed by atoms with Crippen molar-refractivity contribution in [3.05, 3.63) is 70.6 Å². The minimum absolute atomic E-state index is 0.211. The van der Waals surface area contributed by atoms with Crippen LogP contribution in [0.4, 0.5) is 11.4 Å². The molecule has 2 heterocycles. The van der Waals surface area contributed by atoms with Crippen LogP contribution in [0.15, 0.2) is 65.7 Å². The molecule has 2 amide bonds. The predicted octanol–water partition coefficient (Wildman–Crippen LogP) is 4.56. The van der Waals surface area contributed by atoms with Gasteiger partial charge in [0.15, 0.2) is 0 Å². The van der Waals surface area contributed by atoms with Crippen LogP contribution in [0, 0.1) is 0 Å². The van der Waals surface area contributed by atoms with E-state index in [1.54, 1.807) is 30.3 Å². The number of rotatable bonds is 8. The summed E-state index contributed by atoms with van der Waals surface area (Å²) in [5, 5.41) is 5.01. The molecule has 7 nitrogen and oxygen atoms in total. The number of hydrogen-bond acceptors (Lipinski definition) is 7. The van der Waals surface area contributed by atoms with Crippen LogP contribution in [-0.2, 0) is 9.59 Å². The van der Waals surface area contributed by atoms with E-state index in [1.165, 1.54) is 25.6 Å². The molecule has 1 aromatic heterocycles. The SMILES string of the molecule is CCOc1ccc(NC2=C(c3cccs3)C(=O)N(c3cc(OC)cc(OC)c3)C2=O)cc1. The molecule has 0 saturated carbocycles. The topological polar surface area (TPSA) is 77.1 Å². The number of thiophene rings is 1. The lowest BCUT2D eigenvalue weighted by atomic mass is 10.2. The van der Waals surface area contributed by atoms with Gasteiger partial charge in [0, 0.05) is 28.8 Å². The van der Waals surface area contributed by atoms with E-state index in [-0.39, 0.29) is 5.70 Å². The van der Waals surface area contributed by atoms with Crippen molar-refractivity contribution >= 4 is 40.1 Å². The summed E-state index contributed by atoms with van der Waals surface area (Å²) < 4.78 is 16.1. The van der Waals surface area contributed by atoms with Gasteiger partial charge in [-0.3, -0.25) is 9.59 Å². The van der Waals surface area contributed by atoms with Gasteiger partial charge in [-0.25, -0.2) is 4.90 Å². The molecular weight excluding hydrogens is 428 g/mol. The Kier molecular flexibility index (Phi) is 6.13. The molecule has 0 spiro atoms. The number of nitrogens with zero attached hydrogens (tertiary/aromatic N) is 1. The number of anilines is 2. The number of amides is 2. The van der Waals surface area contributed by atoms with Gasteiger partial charge < -0.3 is 19.5 Å². The predicted molar refractivity (Wildman–Crippen MR) is 125 cm³/mol. The molecular formula is C24H22N2O5S. The van der Waals surface area contributed by atoms with Gasteiger partial charge in [0.2, 0.25) is 0 Å².